The van der Waals surface area contributed by atoms with Gasteiger partial charge in [0, 0.05) is 28.7 Å². The van der Waals surface area contributed by atoms with E-state index in [1.54, 1.807) is 43.3 Å². The average Bonchev–Trinajstić information content (AvgIpc) is 2.85. The summed E-state index contributed by atoms with van der Waals surface area (Å²) in [6.07, 6.45) is 0. The first kappa shape index (κ1) is 18.0. The Morgan fingerprint density at radius 3 is 2.58 bits per heavy atom. The van der Waals surface area contributed by atoms with Gasteiger partial charge in [-0.15, -0.1) is 0 Å². The van der Waals surface area contributed by atoms with Crippen molar-refractivity contribution in [2.45, 2.75) is 13.8 Å². The molecule has 0 aliphatic carbocycles. The monoisotopic (exact) mass is 371 g/mol. The highest BCUT2D eigenvalue weighted by Crippen LogP contribution is 2.29. The molecular formula is C20H18ClNO4. The molecule has 3 aromatic rings. The van der Waals surface area contributed by atoms with Crippen molar-refractivity contribution in [2.24, 2.45) is 7.05 Å². The molecule has 3 rings (SSSR count). The molecule has 0 bridgehead atoms. The zero-order chi connectivity index (χ0) is 18.8. The SMILES string of the molecule is CCOC(=O)c1c(C)n(C)c2ccc(OC(=O)c3cccc(Cl)c3)cc12. The summed E-state index contributed by atoms with van der Waals surface area (Å²) in [5.74, 6) is -0.565. The van der Waals surface area contributed by atoms with Crippen molar-refractivity contribution in [3.05, 3.63) is 64.3 Å². The fraction of sp³-hybridized carbons (Fsp3) is 0.200. The van der Waals surface area contributed by atoms with E-state index in [9.17, 15) is 9.59 Å². The van der Waals surface area contributed by atoms with Gasteiger partial charge in [0.25, 0.3) is 0 Å². The molecule has 0 unspecified atom stereocenters. The van der Waals surface area contributed by atoms with Gasteiger partial charge in [0.2, 0.25) is 0 Å². The highest BCUT2D eigenvalue weighted by atomic mass is 35.5. The van der Waals surface area contributed by atoms with Crippen molar-refractivity contribution >= 4 is 34.4 Å². The van der Waals surface area contributed by atoms with E-state index in [0.29, 0.717) is 27.3 Å². The first-order chi connectivity index (χ1) is 12.4. The zero-order valence-electron chi connectivity index (χ0n) is 14.7. The lowest BCUT2D eigenvalue weighted by molar-refractivity contribution is 0.0527. The Hall–Kier alpha value is -2.79. The highest BCUT2D eigenvalue weighted by molar-refractivity contribution is 6.30. The van der Waals surface area contributed by atoms with Crippen LogP contribution >= 0.6 is 11.6 Å². The van der Waals surface area contributed by atoms with Crippen LogP contribution in [0, 0.1) is 6.92 Å². The predicted octanol–water partition coefficient (Wildman–Crippen LogP) is 4.54. The molecule has 0 atom stereocenters. The van der Waals surface area contributed by atoms with Crippen LogP contribution in [0.2, 0.25) is 5.02 Å². The molecule has 134 valence electrons. The van der Waals surface area contributed by atoms with Gasteiger partial charge in [-0.2, -0.15) is 0 Å². The van der Waals surface area contributed by atoms with Crippen LogP contribution < -0.4 is 4.74 Å². The molecule has 5 nitrogen and oxygen atoms in total. The van der Waals surface area contributed by atoms with E-state index in [1.165, 1.54) is 0 Å². The molecule has 26 heavy (non-hydrogen) atoms. The maximum absolute atomic E-state index is 12.3. The first-order valence-electron chi connectivity index (χ1n) is 8.16. The summed E-state index contributed by atoms with van der Waals surface area (Å²) < 4.78 is 12.5. The lowest BCUT2D eigenvalue weighted by Gasteiger charge is -2.06. The van der Waals surface area contributed by atoms with Crippen LogP contribution in [-0.4, -0.2) is 23.1 Å². The van der Waals surface area contributed by atoms with E-state index >= 15 is 0 Å². The number of ether oxygens (including phenoxy) is 2. The van der Waals surface area contributed by atoms with Crippen molar-refractivity contribution < 1.29 is 19.1 Å². The Labute approximate surface area is 156 Å². The van der Waals surface area contributed by atoms with Crippen LogP contribution in [0.3, 0.4) is 0 Å². The Bertz CT molecular complexity index is 1010. The highest BCUT2D eigenvalue weighted by Gasteiger charge is 2.20. The molecule has 0 saturated carbocycles. The lowest BCUT2D eigenvalue weighted by Crippen LogP contribution is -2.08. The second-order valence-electron chi connectivity index (χ2n) is 5.82. The number of aryl methyl sites for hydroxylation is 1. The third-order valence-corrected chi connectivity index (χ3v) is 4.45. The van der Waals surface area contributed by atoms with Crippen LogP contribution in [0.15, 0.2) is 42.5 Å². The van der Waals surface area contributed by atoms with Gasteiger partial charge in [-0.25, -0.2) is 9.59 Å². The number of carbonyl (C=O) groups excluding carboxylic acids is 2. The molecule has 2 aromatic carbocycles. The number of esters is 2. The molecule has 0 N–H and O–H groups in total. The van der Waals surface area contributed by atoms with Crippen LogP contribution in [0.1, 0.15) is 33.3 Å². The second-order valence-corrected chi connectivity index (χ2v) is 6.26. The van der Waals surface area contributed by atoms with E-state index < -0.39 is 11.9 Å². The minimum Gasteiger partial charge on any atom is -0.462 e. The molecule has 0 radical (unpaired) electrons. The van der Waals surface area contributed by atoms with Crippen LogP contribution in [-0.2, 0) is 11.8 Å². The van der Waals surface area contributed by atoms with E-state index in [1.807, 2.05) is 24.6 Å². The topological polar surface area (TPSA) is 57.5 Å². The standard InChI is InChI=1S/C20H18ClNO4/c1-4-25-20(24)18-12(2)22(3)17-9-8-15(11-16(17)18)26-19(23)13-6-5-7-14(21)10-13/h5-11H,4H2,1-3H3. The van der Waals surface area contributed by atoms with E-state index in [4.69, 9.17) is 21.1 Å². The first-order valence-corrected chi connectivity index (χ1v) is 8.54. The number of hydrogen-bond donors (Lipinski definition) is 0. The summed E-state index contributed by atoms with van der Waals surface area (Å²) in [6.45, 7) is 3.90. The van der Waals surface area contributed by atoms with Gasteiger partial charge in [-0.05, 0) is 50.2 Å². The van der Waals surface area contributed by atoms with E-state index in [2.05, 4.69) is 0 Å². The fourth-order valence-electron chi connectivity index (χ4n) is 2.86. The minimum absolute atomic E-state index is 0.290. The second kappa shape index (κ2) is 7.22. The van der Waals surface area contributed by atoms with Gasteiger partial charge in [0.15, 0.2) is 0 Å². The largest absolute Gasteiger partial charge is 0.462 e. The van der Waals surface area contributed by atoms with Gasteiger partial charge < -0.3 is 14.0 Å². The van der Waals surface area contributed by atoms with Crippen molar-refractivity contribution in [1.29, 1.82) is 0 Å². The van der Waals surface area contributed by atoms with Crippen LogP contribution in [0.5, 0.6) is 5.75 Å². The van der Waals surface area contributed by atoms with Crippen molar-refractivity contribution in [2.75, 3.05) is 6.61 Å². The quantitative estimate of drug-likeness (QED) is 0.499. The molecule has 1 aromatic heterocycles. The number of hydrogen-bond acceptors (Lipinski definition) is 4. The molecule has 0 aliphatic heterocycles. The molecule has 0 aliphatic rings. The number of benzene rings is 2. The summed E-state index contributed by atoms with van der Waals surface area (Å²) in [6, 6.07) is 11.7. The average molecular weight is 372 g/mol. The van der Waals surface area contributed by atoms with Gasteiger partial charge in [-0.3, -0.25) is 0 Å². The number of nitrogens with zero attached hydrogens (tertiary/aromatic N) is 1. The number of aromatic nitrogens is 1. The van der Waals surface area contributed by atoms with E-state index in [0.717, 1.165) is 11.2 Å². The molecule has 6 heteroatoms. The maximum atomic E-state index is 12.3. The molecule has 0 fully saturated rings. The Kier molecular flexibility index (Phi) is 5.00. The Balaban J connectivity index is 1.99. The van der Waals surface area contributed by atoms with Gasteiger partial charge >= 0.3 is 11.9 Å². The van der Waals surface area contributed by atoms with Gasteiger partial charge in [-0.1, -0.05) is 17.7 Å². The van der Waals surface area contributed by atoms with Gasteiger partial charge in [0.1, 0.15) is 5.75 Å². The zero-order valence-corrected chi connectivity index (χ0v) is 15.5. The number of halogens is 1. The Morgan fingerprint density at radius 1 is 1.12 bits per heavy atom. The van der Waals surface area contributed by atoms with Crippen LogP contribution in [0.4, 0.5) is 0 Å². The Morgan fingerprint density at radius 2 is 1.88 bits per heavy atom. The number of fused-ring (bicyclic) bond motifs is 1. The molecule has 0 spiro atoms. The normalized spacial score (nSPS) is 10.8. The molecule has 1 heterocycles. The number of rotatable bonds is 4. The number of carbonyl (C=O) groups is 2. The van der Waals surface area contributed by atoms with Crippen LogP contribution in [0.25, 0.3) is 10.9 Å². The smallest absolute Gasteiger partial charge is 0.343 e. The summed E-state index contributed by atoms with van der Waals surface area (Å²) in [5.41, 5.74) is 2.47. The summed E-state index contributed by atoms with van der Waals surface area (Å²) >= 11 is 5.91. The van der Waals surface area contributed by atoms with E-state index in [-0.39, 0.29) is 6.61 Å². The lowest BCUT2D eigenvalue weighted by atomic mass is 10.1. The summed E-state index contributed by atoms with van der Waals surface area (Å²) in [7, 11) is 1.87. The van der Waals surface area contributed by atoms with Crippen molar-refractivity contribution in [3.8, 4) is 5.75 Å². The summed E-state index contributed by atoms with van der Waals surface area (Å²) in [4.78, 5) is 24.6. The van der Waals surface area contributed by atoms with Gasteiger partial charge in [0.05, 0.1) is 17.7 Å². The summed E-state index contributed by atoms with van der Waals surface area (Å²) in [5, 5.41) is 1.14. The fourth-order valence-corrected chi connectivity index (χ4v) is 3.05. The molecule has 0 amide bonds. The maximum Gasteiger partial charge on any atom is 0.343 e. The molecule has 0 saturated heterocycles. The van der Waals surface area contributed by atoms with Crippen molar-refractivity contribution in [3.63, 3.8) is 0 Å². The molecular weight excluding hydrogens is 354 g/mol. The predicted molar refractivity (Wildman–Crippen MR) is 100 cm³/mol. The minimum atomic E-state index is -0.516. The third kappa shape index (κ3) is 3.30. The third-order valence-electron chi connectivity index (χ3n) is 4.21. The van der Waals surface area contributed by atoms with Crippen molar-refractivity contribution in [1.82, 2.24) is 4.57 Å².